The molecule has 2 aromatic rings. The Morgan fingerprint density at radius 2 is 2.00 bits per heavy atom. The van der Waals surface area contributed by atoms with Crippen molar-refractivity contribution in [3.05, 3.63) is 35.1 Å². The summed E-state index contributed by atoms with van der Waals surface area (Å²) in [6.45, 7) is 0.542. The monoisotopic (exact) mass is 280 g/mol. The molecule has 2 rings (SSSR count). The SMILES string of the molecule is COc1cccc(CNc2nc(Cl)nc(OC)n2)c1. The summed E-state index contributed by atoms with van der Waals surface area (Å²) in [4.78, 5) is 11.8. The van der Waals surface area contributed by atoms with Crippen LogP contribution < -0.4 is 14.8 Å². The predicted octanol–water partition coefficient (Wildman–Crippen LogP) is 2.15. The van der Waals surface area contributed by atoms with Gasteiger partial charge in [0, 0.05) is 6.54 Å². The van der Waals surface area contributed by atoms with Gasteiger partial charge in [0.15, 0.2) is 0 Å². The lowest BCUT2D eigenvalue weighted by atomic mass is 10.2. The summed E-state index contributed by atoms with van der Waals surface area (Å²) in [6, 6.07) is 7.86. The van der Waals surface area contributed by atoms with Crippen LogP contribution >= 0.6 is 11.6 Å². The second-order valence-electron chi connectivity index (χ2n) is 3.62. The maximum absolute atomic E-state index is 5.76. The van der Waals surface area contributed by atoms with Gasteiger partial charge in [-0.25, -0.2) is 0 Å². The Labute approximate surface area is 115 Å². The van der Waals surface area contributed by atoms with E-state index in [1.54, 1.807) is 7.11 Å². The average molecular weight is 281 g/mol. The molecule has 0 saturated carbocycles. The minimum Gasteiger partial charge on any atom is -0.497 e. The van der Waals surface area contributed by atoms with Crippen LogP contribution in [-0.4, -0.2) is 29.2 Å². The molecule has 0 radical (unpaired) electrons. The van der Waals surface area contributed by atoms with E-state index >= 15 is 0 Å². The quantitative estimate of drug-likeness (QED) is 0.905. The molecule has 100 valence electrons. The molecule has 19 heavy (non-hydrogen) atoms. The molecule has 1 aromatic heterocycles. The molecule has 7 heteroatoms. The lowest BCUT2D eigenvalue weighted by Crippen LogP contribution is -2.06. The van der Waals surface area contributed by atoms with Gasteiger partial charge in [-0.1, -0.05) is 12.1 Å². The number of anilines is 1. The van der Waals surface area contributed by atoms with Crippen molar-refractivity contribution in [2.24, 2.45) is 0 Å². The third-order valence-electron chi connectivity index (χ3n) is 2.35. The van der Waals surface area contributed by atoms with Gasteiger partial charge in [0.05, 0.1) is 14.2 Å². The summed E-state index contributed by atoms with van der Waals surface area (Å²) in [5.74, 6) is 1.16. The molecule has 0 aliphatic heterocycles. The van der Waals surface area contributed by atoms with Gasteiger partial charge in [-0.05, 0) is 29.3 Å². The molecule has 0 fully saturated rings. The second-order valence-corrected chi connectivity index (χ2v) is 3.96. The maximum atomic E-state index is 5.76. The van der Waals surface area contributed by atoms with E-state index in [0.29, 0.717) is 12.5 Å². The van der Waals surface area contributed by atoms with E-state index in [0.717, 1.165) is 11.3 Å². The van der Waals surface area contributed by atoms with Crippen LogP contribution in [0.1, 0.15) is 5.56 Å². The molecule has 0 saturated heterocycles. The van der Waals surface area contributed by atoms with E-state index < -0.39 is 0 Å². The molecule has 1 heterocycles. The number of rotatable bonds is 5. The number of aromatic nitrogens is 3. The molecule has 0 atom stereocenters. The Kier molecular flexibility index (Phi) is 4.35. The van der Waals surface area contributed by atoms with Gasteiger partial charge in [0.2, 0.25) is 11.2 Å². The van der Waals surface area contributed by atoms with Gasteiger partial charge >= 0.3 is 6.01 Å². The Balaban J connectivity index is 2.07. The zero-order chi connectivity index (χ0) is 13.7. The van der Waals surface area contributed by atoms with Gasteiger partial charge in [-0.2, -0.15) is 15.0 Å². The zero-order valence-corrected chi connectivity index (χ0v) is 11.3. The van der Waals surface area contributed by atoms with Crippen molar-refractivity contribution in [1.29, 1.82) is 0 Å². The van der Waals surface area contributed by atoms with Crippen LogP contribution in [0.3, 0.4) is 0 Å². The summed E-state index contributed by atoms with van der Waals surface area (Å²) in [6.07, 6.45) is 0. The number of methoxy groups -OCH3 is 2. The largest absolute Gasteiger partial charge is 0.497 e. The number of hydrogen-bond donors (Lipinski definition) is 1. The zero-order valence-electron chi connectivity index (χ0n) is 10.6. The normalized spacial score (nSPS) is 10.1. The fourth-order valence-electron chi connectivity index (χ4n) is 1.47. The fourth-order valence-corrected chi connectivity index (χ4v) is 1.62. The van der Waals surface area contributed by atoms with Gasteiger partial charge in [-0.3, -0.25) is 0 Å². The minimum absolute atomic E-state index is 0.0833. The predicted molar refractivity (Wildman–Crippen MR) is 71.7 cm³/mol. The van der Waals surface area contributed by atoms with Gasteiger partial charge < -0.3 is 14.8 Å². The minimum atomic E-state index is 0.0833. The standard InChI is InChI=1S/C12H13ClN4O2/c1-18-9-5-3-4-8(6-9)7-14-11-15-10(13)16-12(17-11)19-2/h3-6H,7H2,1-2H3,(H,14,15,16,17). The first-order valence-corrected chi connectivity index (χ1v) is 5.91. The molecular formula is C12H13ClN4O2. The van der Waals surface area contributed by atoms with E-state index in [1.807, 2.05) is 24.3 Å². The van der Waals surface area contributed by atoms with Crippen LogP contribution in [0.15, 0.2) is 24.3 Å². The number of nitrogens with zero attached hydrogens (tertiary/aromatic N) is 3. The van der Waals surface area contributed by atoms with E-state index in [1.165, 1.54) is 7.11 Å². The molecule has 1 N–H and O–H groups in total. The van der Waals surface area contributed by atoms with Crippen molar-refractivity contribution in [2.45, 2.75) is 6.54 Å². The van der Waals surface area contributed by atoms with Crippen molar-refractivity contribution in [3.63, 3.8) is 0 Å². The van der Waals surface area contributed by atoms with Crippen LogP contribution in [0.4, 0.5) is 5.95 Å². The number of ether oxygens (including phenoxy) is 2. The van der Waals surface area contributed by atoms with E-state index in [4.69, 9.17) is 21.1 Å². The molecule has 0 bridgehead atoms. The van der Waals surface area contributed by atoms with Crippen molar-refractivity contribution < 1.29 is 9.47 Å². The van der Waals surface area contributed by atoms with E-state index in [2.05, 4.69) is 20.3 Å². The fraction of sp³-hybridized carbons (Fsp3) is 0.250. The van der Waals surface area contributed by atoms with Crippen molar-refractivity contribution >= 4 is 17.5 Å². The highest BCUT2D eigenvalue weighted by atomic mass is 35.5. The van der Waals surface area contributed by atoms with Crippen molar-refractivity contribution in [3.8, 4) is 11.8 Å². The first-order chi connectivity index (χ1) is 9.21. The van der Waals surface area contributed by atoms with Gasteiger partial charge in [-0.15, -0.1) is 0 Å². The first kappa shape index (κ1) is 13.4. The topological polar surface area (TPSA) is 69.2 Å². The van der Waals surface area contributed by atoms with Crippen LogP contribution in [0.2, 0.25) is 5.28 Å². The lowest BCUT2D eigenvalue weighted by Gasteiger charge is -2.07. The number of hydrogen-bond acceptors (Lipinski definition) is 6. The molecule has 0 aliphatic carbocycles. The average Bonchev–Trinajstić information content (AvgIpc) is 2.44. The van der Waals surface area contributed by atoms with Crippen LogP contribution in [0, 0.1) is 0 Å². The number of nitrogens with one attached hydrogen (secondary N) is 1. The smallest absolute Gasteiger partial charge is 0.322 e. The molecule has 6 nitrogen and oxygen atoms in total. The number of benzene rings is 1. The van der Waals surface area contributed by atoms with Crippen molar-refractivity contribution in [2.75, 3.05) is 19.5 Å². The van der Waals surface area contributed by atoms with Crippen LogP contribution in [0.5, 0.6) is 11.8 Å². The van der Waals surface area contributed by atoms with Crippen LogP contribution in [0.25, 0.3) is 0 Å². The van der Waals surface area contributed by atoms with E-state index in [-0.39, 0.29) is 11.3 Å². The number of halogens is 1. The molecule has 0 aliphatic rings. The summed E-state index contributed by atoms with van der Waals surface area (Å²) in [7, 11) is 3.10. The second kappa shape index (κ2) is 6.19. The molecule has 0 spiro atoms. The third kappa shape index (κ3) is 3.69. The Morgan fingerprint density at radius 3 is 2.74 bits per heavy atom. The molecular weight excluding hydrogens is 268 g/mol. The summed E-state index contributed by atoms with van der Waals surface area (Å²) >= 11 is 5.76. The summed E-state index contributed by atoms with van der Waals surface area (Å²) in [5.41, 5.74) is 1.04. The highest BCUT2D eigenvalue weighted by Crippen LogP contribution is 2.15. The van der Waals surface area contributed by atoms with Gasteiger partial charge in [0.1, 0.15) is 5.75 Å². The van der Waals surface area contributed by atoms with Crippen LogP contribution in [-0.2, 0) is 6.54 Å². The third-order valence-corrected chi connectivity index (χ3v) is 2.52. The Morgan fingerprint density at radius 1 is 1.16 bits per heavy atom. The summed E-state index contributed by atoms with van der Waals surface area (Å²) in [5, 5.41) is 3.13. The Bertz CT molecular complexity index is 565. The van der Waals surface area contributed by atoms with E-state index in [9.17, 15) is 0 Å². The first-order valence-electron chi connectivity index (χ1n) is 5.53. The molecule has 0 amide bonds. The highest BCUT2D eigenvalue weighted by Gasteiger charge is 2.05. The highest BCUT2D eigenvalue weighted by molar-refractivity contribution is 6.28. The maximum Gasteiger partial charge on any atom is 0.322 e. The van der Waals surface area contributed by atoms with Crippen molar-refractivity contribution in [1.82, 2.24) is 15.0 Å². The van der Waals surface area contributed by atoms with Gasteiger partial charge in [0.25, 0.3) is 0 Å². The molecule has 1 aromatic carbocycles. The lowest BCUT2D eigenvalue weighted by molar-refractivity contribution is 0.379. The summed E-state index contributed by atoms with van der Waals surface area (Å²) < 4.78 is 10.1. The Hall–Kier alpha value is -2.08. The molecule has 0 unspecified atom stereocenters.